The first-order valence-electron chi connectivity index (χ1n) is 14.3. The van der Waals surface area contributed by atoms with Crippen LogP contribution in [0.5, 0.6) is 0 Å². The van der Waals surface area contributed by atoms with Gasteiger partial charge in [0.25, 0.3) is 0 Å². The number of hydrogen-bond acceptors (Lipinski definition) is 8. The van der Waals surface area contributed by atoms with Crippen LogP contribution in [0.3, 0.4) is 0 Å². The zero-order chi connectivity index (χ0) is 25.3. The molecule has 0 aromatic carbocycles. The summed E-state index contributed by atoms with van der Waals surface area (Å²) >= 11 is 0. The zero-order valence-corrected chi connectivity index (χ0v) is 25.4. The van der Waals surface area contributed by atoms with E-state index in [1.165, 1.54) is 50.0 Å². The smallest absolute Gasteiger partial charge is 0.310 e. The highest BCUT2D eigenvalue weighted by atomic mass is 33.1. The molecule has 6 nitrogen and oxygen atoms in total. The fourth-order valence-electron chi connectivity index (χ4n) is 4.99. The summed E-state index contributed by atoms with van der Waals surface area (Å²) in [6, 6.07) is 0. The molecule has 0 aliphatic carbocycles. The molecular weight excluding hydrogens is 529 g/mol. The second kappa shape index (κ2) is 19.5. The molecule has 3 heterocycles. The molecule has 0 radical (unpaired) electrons. The van der Waals surface area contributed by atoms with Gasteiger partial charge >= 0.3 is 5.91 Å². The molecular formula is C26H49N4O2S4+. The number of hydrogen-bond donors (Lipinski definition) is 2. The largest absolute Gasteiger partial charge is 0.356 e. The van der Waals surface area contributed by atoms with E-state index in [4.69, 9.17) is 0 Å². The van der Waals surface area contributed by atoms with E-state index in [-0.39, 0.29) is 5.91 Å². The number of nitrogens with zero attached hydrogens (tertiary/aromatic N) is 2. The van der Waals surface area contributed by atoms with Crippen molar-refractivity contribution in [3.63, 3.8) is 0 Å². The van der Waals surface area contributed by atoms with Gasteiger partial charge in [0.15, 0.2) is 0 Å². The molecule has 2 amide bonds. The molecule has 3 aliphatic rings. The van der Waals surface area contributed by atoms with Crippen LogP contribution in [0.2, 0.25) is 0 Å². The molecule has 0 aromatic rings. The lowest BCUT2D eigenvalue weighted by atomic mass is 10.1. The maximum atomic E-state index is 12.1. The number of nitrogens with two attached hydrogens (primary N) is 1. The van der Waals surface area contributed by atoms with E-state index >= 15 is 0 Å². The Labute approximate surface area is 235 Å². The first kappa shape index (κ1) is 31.0. The Morgan fingerprint density at radius 2 is 1.33 bits per heavy atom. The minimum Gasteiger partial charge on any atom is -0.356 e. The summed E-state index contributed by atoms with van der Waals surface area (Å²) in [7, 11) is 8.08. The van der Waals surface area contributed by atoms with Gasteiger partial charge in [-0.25, -0.2) is 4.79 Å². The molecule has 3 fully saturated rings. The molecule has 0 spiro atoms. The lowest BCUT2D eigenvalue weighted by molar-refractivity contribution is -0.569. The predicted molar refractivity (Wildman–Crippen MR) is 161 cm³/mol. The SMILES string of the molecule is O=C(CCCCC1CCSS1)NCCCN1CCN(CCC[NH2+]C(=O)CCCCC2CCSS2)CC1. The highest BCUT2D eigenvalue weighted by molar-refractivity contribution is 8.77. The van der Waals surface area contributed by atoms with Crippen LogP contribution in [0.4, 0.5) is 0 Å². The van der Waals surface area contributed by atoms with E-state index in [2.05, 4.69) is 15.1 Å². The van der Waals surface area contributed by atoms with Gasteiger partial charge in [-0.3, -0.25) is 10.1 Å². The van der Waals surface area contributed by atoms with Crippen molar-refractivity contribution in [3.05, 3.63) is 0 Å². The van der Waals surface area contributed by atoms with Gasteiger partial charge in [-0.15, -0.1) is 0 Å². The van der Waals surface area contributed by atoms with Gasteiger partial charge in [-0.2, -0.15) is 0 Å². The second-order valence-corrected chi connectivity index (χ2v) is 15.9. The second-order valence-electron chi connectivity index (χ2n) is 10.3. The maximum Gasteiger partial charge on any atom is 0.310 e. The lowest BCUT2D eigenvalue weighted by Crippen LogP contribution is -2.88. The van der Waals surface area contributed by atoms with Crippen LogP contribution < -0.4 is 10.6 Å². The Kier molecular flexibility index (Phi) is 16.7. The average Bonchev–Trinajstić information content (AvgIpc) is 3.60. The Morgan fingerprint density at radius 3 is 1.92 bits per heavy atom. The van der Waals surface area contributed by atoms with E-state index in [1.807, 2.05) is 48.5 Å². The van der Waals surface area contributed by atoms with E-state index in [1.54, 1.807) is 0 Å². The van der Waals surface area contributed by atoms with Crippen LogP contribution in [-0.2, 0) is 9.59 Å². The average molecular weight is 578 g/mol. The Hall–Kier alpha value is 0.420. The standard InChI is InChI=1S/C26H48N4O2S4/c31-25(9-3-1-7-23-11-21-33-35-23)27-13-5-15-29-17-19-30(20-18-29)16-6-14-28-26(32)10-4-2-8-24-12-22-34-36-24/h23-24H,1-22H2,(H,27,31)(H,28,32)/p+1. The molecule has 208 valence electrons. The van der Waals surface area contributed by atoms with Crippen LogP contribution in [0.1, 0.15) is 77.0 Å². The van der Waals surface area contributed by atoms with Crippen LogP contribution in [0, 0.1) is 0 Å². The topological polar surface area (TPSA) is 69.3 Å². The Morgan fingerprint density at radius 1 is 0.750 bits per heavy atom. The Balaban J connectivity index is 1.07. The number of amides is 2. The lowest BCUT2D eigenvalue weighted by Gasteiger charge is -2.34. The van der Waals surface area contributed by atoms with Gasteiger partial charge in [0.2, 0.25) is 5.91 Å². The van der Waals surface area contributed by atoms with Crippen LogP contribution in [0.25, 0.3) is 0 Å². The third kappa shape index (κ3) is 14.0. The molecule has 2 unspecified atom stereocenters. The molecule has 2 atom stereocenters. The highest BCUT2D eigenvalue weighted by Crippen LogP contribution is 2.40. The first-order valence-corrected chi connectivity index (χ1v) is 19.1. The summed E-state index contributed by atoms with van der Waals surface area (Å²) in [6.07, 6.45) is 13.3. The number of carbonyl (C=O) groups is 2. The normalized spacial score (nSPS) is 23.3. The number of nitrogens with one attached hydrogen (secondary N) is 1. The van der Waals surface area contributed by atoms with Crippen molar-refractivity contribution in [2.75, 3.05) is 63.9 Å². The molecule has 0 aromatic heterocycles. The minimum atomic E-state index is 0.228. The number of unbranched alkanes of at least 4 members (excludes halogenated alkanes) is 2. The number of carbonyl (C=O) groups excluding carboxylic acids is 2. The van der Waals surface area contributed by atoms with E-state index in [9.17, 15) is 9.59 Å². The molecule has 10 heteroatoms. The Bertz CT molecular complexity index is 559. The van der Waals surface area contributed by atoms with E-state index in [0.717, 1.165) is 95.0 Å². The van der Waals surface area contributed by atoms with Gasteiger partial charge in [0.1, 0.15) is 0 Å². The third-order valence-corrected chi connectivity index (χ3v) is 13.3. The molecule has 36 heavy (non-hydrogen) atoms. The minimum absolute atomic E-state index is 0.228. The van der Waals surface area contributed by atoms with Crippen molar-refractivity contribution >= 4 is 55.0 Å². The quantitative estimate of drug-likeness (QED) is 0.187. The van der Waals surface area contributed by atoms with Gasteiger partial charge < -0.3 is 15.1 Å². The van der Waals surface area contributed by atoms with Crippen molar-refractivity contribution < 1.29 is 14.9 Å². The fraction of sp³-hybridized carbons (Fsp3) is 0.923. The highest BCUT2D eigenvalue weighted by Gasteiger charge is 2.18. The number of primary amides is 1. The first-order chi connectivity index (χ1) is 17.7. The summed E-state index contributed by atoms with van der Waals surface area (Å²) in [5.41, 5.74) is 0. The summed E-state index contributed by atoms with van der Waals surface area (Å²) in [5, 5.41) is 6.71. The summed E-state index contributed by atoms with van der Waals surface area (Å²) in [5.74, 6) is 3.18. The van der Waals surface area contributed by atoms with E-state index in [0.29, 0.717) is 12.3 Å². The van der Waals surface area contributed by atoms with Crippen molar-refractivity contribution in [2.45, 2.75) is 87.5 Å². The molecule has 3 aliphatic heterocycles. The number of piperazine rings is 1. The van der Waals surface area contributed by atoms with Crippen LogP contribution in [0.15, 0.2) is 0 Å². The monoisotopic (exact) mass is 577 g/mol. The van der Waals surface area contributed by atoms with Crippen LogP contribution >= 0.6 is 43.2 Å². The fourth-order valence-corrected chi connectivity index (χ4v) is 11.0. The molecule has 3 rings (SSSR count). The van der Waals surface area contributed by atoms with Crippen molar-refractivity contribution in [2.24, 2.45) is 0 Å². The van der Waals surface area contributed by atoms with Crippen molar-refractivity contribution in [3.8, 4) is 0 Å². The zero-order valence-electron chi connectivity index (χ0n) is 22.1. The van der Waals surface area contributed by atoms with Crippen LogP contribution in [-0.4, -0.2) is 96.0 Å². The summed E-state index contributed by atoms with van der Waals surface area (Å²) in [6.45, 7) is 8.37. The molecule has 0 bridgehead atoms. The summed E-state index contributed by atoms with van der Waals surface area (Å²) < 4.78 is 0. The van der Waals surface area contributed by atoms with Gasteiger partial charge in [-0.05, 0) is 51.5 Å². The van der Waals surface area contributed by atoms with Crippen molar-refractivity contribution in [1.29, 1.82) is 0 Å². The molecule has 0 saturated carbocycles. The van der Waals surface area contributed by atoms with Crippen molar-refractivity contribution in [1.82, 2.24) is 15.1 Å². The number of quaternary nitrogens is 1. The summed E-state index contributed by atoms with van der Waals surface area (Å²) in [4.78, 5) is 29.2. The van der Waals surface area contributed by atoms with Gasteiger partial charge in [0, 0.05) is 74.1 Å². The van der Waals surface area contributed by atoms with E-state index < -0.39 is 0 Å². The van der Waals surface area contributed by atoms with Gasteiger partial charge in [-0.1, -0.05) is 56.0 Å². The molecule has 3 saturated heterocycles. The third-order valence-electron chi connectivity index (χ3n) is 7.32. The van der Waals surface area contributed by atoms with Gasteiger partial charge in [0.05, 0.1) is 13.0 Å². The predicted octanol–water partition coefficient (Wildman–Crippen LogP) is 4.02. The maximum absolute atomic E-state index is 12.1. The number of rotatable bonds is 18. The molecule has 3 N–H and O–H groups in total.